The van der Waals surface area contributed by atoms with E-state index in [1.54, 1.807) is 36.4 Å². The highest BCUT2D eigenvalue weighted by Crippen LogP contribution is 2.57. The lowest BCUT2D eigenvalue weighted by Gasteiger charge is -2.27. The van der Waals surface area contributed by atoms with Crippen molar-refractivity contribution in [3.63, 3.8) is 0 Å². The van der Waals surface area contributed by atoms with Gasteiger partial charge in [0.25, 0.3) is 0 Å². The molecule has 2 amide bonds. The number of amides is 2. The Balaban J connectivity index is 1.50. The number of imide groups is 1. The average Bonchev–Trinajstić information content (AvgIpc) is 3.44. The van der Waals surface area contributed by atoms with Crippen molar-refractivity contribution in [2.75, 3.05) is 4.90 Å². The number of carbonyl (C=O) groups excluding carboxylic acids is 4. The van der Waals surface area contributed by atoms with Crippen LogP contribution in [0, 0.1) is 11.8 Å². The maximum Gasteiger partial charge on any atom is 0.416 e. The highest BCUT2D eigenvalue weighted by atomic mass is 35.5. The Hall–Kier alpha value is -3.82. The van der Waals surface area contributed by atoms with Crippen LogP contribution in [0.2, 0.25) is 5.02 Å². The van der Waals surface area contributed by atoms with E-state index >= 15 is 0 Å². The summed E-state index contributed by atoms with van der Waals surface area (Å²) in [7, 11) is 0. The van der Waals surface area contributed by atoms with E-state index in [0.717, 1.165) is 29.2 Å². The van der Waals surface area contributed by atoms with E-state index in [-0.39, 0.29) is 16.8 Å². The number of fused-ring (bicyclic) bond motifs is 3. The predicted octanol–water partition coefficient (Wildman–Crippen LogP) is 5.05. The fraction of sp³-hybridized carbons (Fsp3) is 0.185. The van der Waals surface area contributed by atoms with E-state index in [9.17, 15) is 32.3 Å². The van der Waals surface area contributed by atoms with Crippen LogP contribution in [-0.2, 0) is 20.5 Å². The molecule has 0 N–H and O–H groups in total. The van der Waals surface area contributed by atoms with Gasteiger partial charge in [0.2, 0.25) is 29.0 Å². The smallest absolute Gasteiger partial charge is 0.349 e. The second-order valence-corrected chi connectivity index (χ2v) is 9.53. The zero-order chi connectivity index (χ0) is 26.3. The number of Topliss-reactive ketones (excluding diaryl/α,β-unsaturated/α-hetero) is 2. The molecule has 6 nitrogen and oxygen atoms in total. The van der Waals surface area contributed by atoms with Crippen LogP contribution in [0.25, 0.3) is 0 Å². The summed E-state index contributed by atoms with van der Waals surface area (Å²) < 4.78 is 45.4. The summed E-state index contributed by atoms with van der Waals surface area (Å²) in [5.74, 6) is -5.89. The van der Waals surface area contributed by atoms with Crippen molar-refractivity contribution in [3.05, 3.63) is 100 Å². The molecule has 3 aromatic carbocycles. The third-order valence-electron chi connectivity index (χ3n) is 7.17. The Morgan fingerprint density at radius 1 is 0.784 bits per heavy atom. The van der Waals surface area contributed by atoms with Gasteiger partial charge in [-0.3, -0.25) is 19.2 Å². The molecule has 2 aliphatic heterocycles. The molecule has 3 aliphatic rings. The lowest BCUT2D eigenvalue weighted by Crippen LogP contribution is -2.51. The molecule has 2 fully saturated rings. The zero-order valence-corrected chi connectivity index (χ0v) is 19.4. The van der Waals surface area contributed by atoms with Crippen molar-refractivity contribution in [2.24, 2.45) is 11.8 Å². The third-order valence-corrected chi connectivity index (χ3v) is 7.42. The molecule has 186 valence electrons. The molecule has 0 saturated carbocycles. The van der Waals surface area contributed by atoms with Gasteiger partial charge in [0.15, 0.2) is 0 Å². The number of benzene rings is 3. The van der Waals surface area contributed by atoms with Gasteiger partial charge in [-0.05, 0) is 42.0 Å². The monoisotopic (exact) mass is 525 g/mol. The normalized spacial score (nSPS) is 24.2. The highest BCUT2D eigenvalue weighted by molar-refractivity contribution is 6.37. The third kappa shape index (κ3) is 3.17. The Morgan fingerprint density at radius 3 is 1.89 bits per heavy atom. The van der Waals surface area contributed by atoms with Crippen LogP contribution in [0.15, 0.2) is 72.8 Å². The summed E-state index contributed by atoms with van der Waals surface area (Å²) in [5, 5.41) is 0.397. The largest absolute Gasteiger partial charge is 0.416 e. The van der Waals surface area contributed by atoms with Gasteiger partial charge in [0.05, 0.1) is 29.2 Å². The van der Waals surface area contributed by atoms with Gasteiger partial charge in [-0.2, -0.15) is 13.2 Å². The molecule has 0 radical (unpaired) electrons. The Morgan fingerprint density at radius 2 is 1.35 bits per heavy atom. The summed E-state index contributed by atoms with van der Waals surface area (Å²) in [5.41, 5.74) is -2.74. The van der Waals surface area contributed by atoms with Crippen molar-refractivity contribution < 1.29 is 37.1 Å². The molecule has 1 spiro atoms. The van der Waals surface area contributed by atoms with Gasteiger partial charge in [0.1, 0.15) is 0 Å². The van der Waals surface area contributed by atoms with Crippen LogP contribution in [0.4, 0.5) is 18.9 Å². The predicted molar refractivity (Wildman–Crippen MR) is 124 cm³/mol. The number of alkyl halides is 3. The summed E-state index contributed by atoms with van der Waals surface area (Å²) in [6.07, 6.45) is -5.76. The summed E-state index contributed by atoms with van der Waals surface area (Å²) in [4.78, 5) is 55.6. The van der Waals surface area contributed by atoms with E-state index in [0.29, 0.717) is 10.6 Å². The van der Waals surface area contributed by atoms with Crippen LogP contribution < -0.4 is 4.90 Å². The number of rotatable bonds is 2. The lowest BCUT2D eigenvalue weighted by atomic mass is 9.77. The van der Waals surface area contributed by atoms with Crippen molar-refractivity contribution in [1.82, 2.24) is 0 Å². The molecular formula is C27H15ClF3NO5. The van der Waals surface area contributed by atoms with Crippen molar-refractivity contribution in [3.8, 4) is 0 Å². The van der Waals surface area contributed by atoms with E-state index in [1.165, 1.54) is 12.1 Å². The molecule has 3 aromatic rings. The van der Waals surface area contributed by atoms with Gasteiger partial charge in [-0.1, -0.05) is 48.0 Å². The first-order chi connectivity index (χ1) is 17.6. The fourth-order valence-corrected chi connectivity index (χ4v) is 5.65. The zero-order valence-electron chi connectivity index (χ0n) is 18.7. The first-order valence-corrected chi connectivity index (χ1v) is 11.6. The summed E-state index contributed by atoms with van der Waals surface area (Å²) in [6, 6.07) is 15.8. The number of carbonyl (C=O) groups is 4. The first-order valence-electron chi connectivity index (χ1n) is 11.2. The van der Waals surface area contributed by atoms with Gasteiger partial charge in [0, 0.05) is 16.1 Å². The van der Waals surface area contributed by atoms with E-state index in [1.807, 2.05) is 0 Å². The number of ether oxygens (including phenoxy) is 1. The number of nitrogens with zero attached hydrogens (tertiary/aromatic N) is 1. The molecule has 37 heavy (non-hydrogen) atoms. The highest BCUT2D eigenvalue weighted by Gasteiger charge is 2.74. The Labute approximate surface area is 212 Å². The van der Waals surface area contributed by atoms with Crippen molar-refractivity contribution in [2.45, 2.75) is 17.9 Å². The van der Waals surface area contributed by atoms with Gasteiger partial charge in [-0.15, -0.1) is 0 Å². The van der Waals surface area contributed by atoms with Gasteiger partial charge >= 0.3 is 6.18 Å². The fourth-order valence-electron chi connectivity index (χ4n) is 5.52. The Bertz CT molecular complexity index is 1460. The number of ketones is 2. The molecule has 2 saturated heterocycles. The van der Waals surface area contributed by atoms with Crippen molar-refractivity contribution in [1.29, 1.82) is 0 Å². The standard InChI is InChI=1S/C27H15ClF3NO5/c28-15-9-5-13(6-10-15)21-19-20(26(37-21)22(33)17-3-1-2-4-18(17)23(26)34)25(36)32(24(19)35)16-11-7-14(8-12-16)27(29,30)31/h1-12,19-21H/t19-,20-,21+/m0/s1. The van der Waals surface area contributed by atoms with E-state index in [4.69, 9.17) is 16.3 Å². The molecule has 10 heteroatoms. The summed E-state index contributed by atoms with van der Waals surface area (Å²) >= 11 is 6.00. The molecular weight excluding hydrogens is 511 g/mol. The minimum atomic E-state index is -4.61. The second-order valence-electron chi connectivity index (χ2n) is 9.09. The second kappa shape index (κ2) is 7.84. The van der Waals surface area contributed by atoms with Gasteiger partial charge < -0.3 is 4.74 Å². The molecule has 6 rings (SSSR count). The number of hydrogen-bond acceptors (Lipinski definition) is 5. The lowest BCUT2D eigenvalue weighted by molar-refractivity contribution is -0.137. The van der Waals surface area contributed by atoms with E-state index in [2.05, 4.69) is 0 Å². The van der Waals surface area contributed by atoms with E-state index < -0.39 is 58.7 Å². The molecule has 1 aliphatic carbocycles. The van der Waals surface area contributed by atoms with Crippen LogP contribution in [0.5, 0.6) is 0 Å². The van der Waals surface area contributed by atoms with Crippen LogP contribution in [0.3, 0.4) is 0 Å². The van der Waals surface area contributed by atoms with Crippen LogP contribution >= 0.6 is 11.6 Å². The molecule has 0 unspecified atom stereocenters. The number of halogens is 4. The molecule has 3 atom stereocenters. The molecule has 0 aromatic heterocycles. The number of hydrogen-bond donors (Lipinski definition) is 0. The quantitative estimate of drug-likeness (QED) is 0.345. The van der Waals surface area contributed by atoms with Gasteiger partial charge in [-0.25, -0.2) is 4.90 Å². The van der Waals surface area contributed by atoms with Crippen molar-refractivity contribution >= 4 is 40.7 Å². The first kappa shape index (κ1) is 23.6. The average molecular weight is 526 g/mol. The summed E-state index contributed by atoms with van der Waals surface area (Å²) in [6.45, 7) is 0. The number of anilines is 1. The molecule has 0 bridgehead atoms. The Kier molecular flexibility index (Phi) is 4.99. The molecule has 2 heterocycles. The SMILES string of the molecule is O=C1[C@@H]2[C@@H](c3ccc(Cl)cc3)OC3(C(=O)c4ccccc4C3=O)[C@@H]2C(=O)N1c1ccc(C(F)(F)F)cc1. The maximum absolute atomic E-state index is 13.8. The van der Waals surface area contributed by atoms with Crippen LogP contribution in [0.1, 0.15) is 37.9 Å². The maximum atomic E-state index is 13.8. The minimum absolute atomic E-state index is 0.0798. The van der Waals surface area contributed by atoms with Crippen LogP contribution in [-0.4, -0.2) is 29.0 Å². The topological polar surface area (TPSA) is 80.8 Å². The minimum Gasteiger partial charge on any atom is -0.349 e.